The van der Waals surface area contributed by atoms with Gasteiger partial charge in [0, 0.05) is 43.8 Å². The van der Waals surface area contributed by atoms with Crippen LogP contribution in [0.25, 0.3) is 22.4 Å². The van der Waals surface area contributed by atoms with Crippen LogP contribution >= 0.6 is 0 Å². The van der Waals surface area contributed by atoms with E-state index in [4.69, 9.17) is 4.42 Å². The van der Waals surface area contributed by atoms with Crippen molar-refractivity contribution in [2.24, 2.45) is 11.8 Å². The number of aromatic nitrogens is 3. The molecule has 3 heterocycles. The van der Waals surface area contributed by atoms with Crippen LogP contribution in [0.5, 0.6) is 0 Å². The second-order valence-corrected chi connectivity index (χ2v) is 9.36. The minimum atomic E-state index is -0.304. The summed E-state index contributed by atoms with van der Waals surface area (Å²) < 4.78 is 5.96. The predicted octanol–water partition coefficient (Wildman–Crippen LogP) is 5.32. The topological polar surface area (TPSA) is 101 Å². The van der Waals surface area contributed by atoms with Gasteiger partial charge in [-0.15, -0.1) is 0 Å². The number of nitrogens with zero attached hydrogens (tertiary/aromatic N) is 2. The number of pyridine rings is 1. The zero-order chi connectivity index (χ0) is 24.2. The Hall–Kier alpha value is -3.74. The van der Waals surface area contributed by atoms with E-state index in [1.54, 1.807) is 25.5 Å². The Balaban J connectivity index is 1.31. The zero-order valence-corrected chi connectivity index (χ0v) is 19.9. The van der Waals surface area contributed by atoms with E-state index in [2.05, 4.69) is 20.3 Å². The number of H-pyrrole nitrogens is 1. The summed E-state index contributed by atoms with van der Waals surface area (Å²) in [5, 5.41) is 2.75. The van der Waals surface area contributed by atoms with E-state index in [1.165, 1.54) is 6.42 Å². The smallest absolute Gasteiger partial charge is 0.223 e. The van der Waals surface area contributed by atoms with Gasteiger partial charge in [0.05, 0.1) is 11.0 Å². The number of imidazole rings is 1. The van der Waals surface area contributed by atoms with Crippen molar-refractivity contribution >= 4 is 22.7 Å². The van der Waals surface area contributed by atoms with Crippen LogP contribution in [0.4, 0.5) is 0 Å². The molecule has 4 aromatic rings. The molecule has 3 aromatic heterocycles. The molecule has 1 saturated carbocycles. The Bertz CT molecular complexity index is 1320. The molecular weight excluding hydrogens is 440 g/mol. The summed E-state index contributed by atoms with van der Waals surface area (Å²) in [6.07, 6.45) is 9.88. The monoisotopic (exact) mass is 470 g/mol. The van der Waals surface area contributed by atoms with Crippen LogP contribution in [0.1, 0.15) is 60.5 Å². The molecule has 0 aliphatic heterocycles. The fourth-order valence-corrected chi connectivity index (χ4v) is 5.13. The Kier molecular flexibility index (Phi) is 6.75. The van der Waals surface area contributed by atoms with E-state index < -0.39 is 0 Å². The molecule has 1 fully saturated rings. The quantitative estimate of drug-likeness (QED) is 0.339. The van der Waals surface area contributed by atoms with Crippen molar-refractivity contribution in [1.29, 1.82) is 0 Å². The number of Topliss-reactive ketones (excluding diaryl/α,β-unsaturated/α-hetero) is 1. The number of nitrogens with one attached hydrogen (secondary N) is 2. The molecule has 7 nitrogen and oxygen atoms in total. The maximum atomic E-state index is 13.1. The molecule has 1 aliphatic rings. The van der Waals surface area contributed by atoms with Crippen LogP contribution in [0.3, 0.4) is 0 Å². The van der Waals surface area contributed by atoms with Gasteiger partial charge in [-0.05, 0) is 66.8 Å². The van der Waals surface area contributed by atoms with E-state index in [1.807, 2.05) is 36.4 Å². The molecule has 5 rings (SSSR count). The lowest BCUT2D eigenvalue weighted by atomic mass is 9.77. The first-order chi connectivity index (χ1) is 17.1. The van der Waals surface area contributed by atoms with Gasteiger partial charge in [-0.3, -0.25) is 14.6 Å². The molecule has 1 aromatic carbocycles. The van der Waals surface area contributed by atoms with Crippen molar-refractivity contribution in [3.05, 3.63) is 72.0 Å². The third kappa shape index (κ3) is 5.19. The van der Waals surface area contributed by atoms with E-state index in [0.29, 0.717) is 17.9 Å². The minimum absolute atomic E-state index is 0.0516. The van der Waals surface area contributed by atoms with E-state index in [0.717, 1.165) is 53.7 Å². The lowest BCUT2D eigenvalue weighted by Crippen LogP contribution is -2.35. The van der Waals surface area contributed by atoms with Crippen molar-refractivity contribution in [2.45, 2.75) is 44.9 Å². The number of rotatable bonds is 8. The number of ketones is 1. The Morgan fingerprint density at radius 2 is 1.89 bits per heavy atom. The van der Waals surface area contributed by atoms with Gasteiger partial charge in [0.2, 0.25) is 5.91 Å². The van der Waals surface area contributed by atoms with E-state index in [-0.39, 0.29) is 29.9 Å². The van der Waals surface area contributed by atoms with Gasteiger partial charge in [0.15, 0.2) is 11.5 Å². The van der Waals surface area contributed by atoms with Gasteiger partial charge in [0.25, 0.3) is 0 Å². The molecule has 180 valence electrons. The molecule has 35 heavy (non-hydrogen) atoms. The van der Waals surface area contributed by atoms with E-state index in [9.17, 15) is 9.59 Å². The largest absolute Gasteiger partial charge is 0.453 e. The van der Waals surface area contributed by atoms with Crippen molar-refractivity contribution in [2.75, 3.05) is 7.05 Å². The zero-order valence-electron chi connectivity index (χ0n) is 19.9. The van der Waals surface area contributed by atoms with Crippen LogP contribution in [0.15, 0.2) is 59.3 Å². The third-order valence-corrected chi connectivity index (χ3v) is 7.02. The molecular formula is C28H30N4O3. The van der Waals surface area contributed by atoms with Crippen molar-refractivity contribution in [1.82, 2.24) is 20.3 Å². The molecule has 0 saturated heterocycles. The average molecular weight is 471 g/mol. The Morgan fingerprint density at radius 3 is 2.66 bits per heavy atom. The third-order valence-electron chi connectivity index (χ3n) is 7.02. The highest BCUT2D eigenvalue weighted by Crippen LogP contribution is 2.33. The fourth-order valence-electron chi connectivity index (χ4n) is 5.13. The van der Waals surface area contributed by atoms with Gasteiger partial charge in [-0.1, -0.05) is 19.3 Å². The number of hydrogen-bond acceptors (Lipinski definition) is 5. The number of furan rings is 1. The number of carbonyl (C=O) groups is 2. The first kappa shape index (κ1) is 23.0. The van der Waals surface area contributed by atoms with Crippen LogP contribution in [-0.2, 0) is 11.2 Å². The number of hydrogen-bond donors (Lipinski definition) is 2. The van der Waals surface area contributed by atoms with Crippen molar-refractivity contribution in [3.8, 4) is 11.3 Å². The highest BCUT2D eigenvalue weighted by atomic mass is 16.3. The molecule has 0 radical (unpaired) electrons. The Labute approximate surface area is 204 Å². The SMILES string of the molecule is CNC(=O)[C@@H](CC(=O)c1ccc(-c2ccc3nc(Cc4ccncc4)[nH]c3c2)o1)C1CCCCC1. The summed E-state index contributed by atoms with van der Waals surface area (Å²) >= 11 is 0. The van der Waals surface area contributed by atoms with Crippen molar-refractivity contribution in [3.63, 3.8) is 0 Å². The average Bonchev–Trinajstić information content (AvgIpc) is 3.54. The summed E-state index contributed by atoms with van der Waals surface area (Å²) in [4.78, 5) is 37.7. The molecule has 0 unspecified atom stereocenters. The lowest BCUT2D eigenvalue weighted by molar-refractivity contribution is -0.126. The lowest BCUT2D eigenvalue weighted by Gasteiger charge is -2.28. The number of fused-ring (bicyclic) bond motifs is 1. The van der Waals surface area contributed by atoms with E-state index >= 15 is 0 Å². The number of benzene rings is 1. The van der Waals surface area contributed by atoms with Gasteiger partial charge in [-0.25, -0.2) is 4.98 Å². The number of amides is 1. The second kappa shape index (κ2) is 10.3. The standard InChI is InChI=1S/C28H30N4O3/c1-29-28(34)21(19-5-3-2-4-6-19)17-24(33)26-10-9-25(35-26)20-7-8-22-23(16-20)32-27(31-22)15-18-11-13-30-14-12-18/h7-14,16,19,21H,2-6,15,17H2,1H3,(H,29,34)(H,31,32)/t21-/m0/s1. The summed E-state index contributed by atoms with van der Waals surface area (Å²) in [6, 6.07) is 13.4. The molecule has 1 aliphatic carbocycles. The fraction of sp³-hybridized carbons (Fsp3) is 0.357. The normalized spacial score (nSPS) is 15.2. The molecule has 2 N–H and O–H groups in total. The van der Waals surface area contributed by atoms with Crippen LogP contribution in [0.2, 0.25) is 0 Å². The molecule has 0 bridgehead atoms. The Morgan fingerprint density at radius 1 is 1.09 bits per heavy atom. The van der Waals surface area contributed by atoms with Gasteiger partial charge < -0.3 is 14.7 Å². The summed E-state index contributed by atoms with van der Waals surface area (Å²) in [7, 11) is 1.64. The highest BCUT2D eigenvalue weighted by molar-refractivity contribution is 5.97. The van der Waals surface area contributed by atoms with Gasteiger partial charge >= 0.3 is 0 Å². The predicted molar refractivity (Wildman–Crippen MR) is 134 cm³/mol. The molecule has 1 amide bonds. The first-order valence-electron chi connectivity index (χ1n) is 12.3. The molecule has 1 atom stereocenters. The summed E-state index contributed by atoms with van der Waals surface area (Å²) in [6.45, 7) is 0. The number of aromatic amines is 1. The minimum Gasteiger partial charge on any atom is -0.453 e. The molecule has 0 spiro atoms. The van der Waals surface area contributed by atoms with Crippen LogP contribution in [0, 0.1) is 11.8 Å². The first-order valence-corrected chi connectivity index (χ1v) is 12.3. The maximum Gasteiger partial charge on any atom is 0.223 e. The highest BCUT2D eigenvalue weighted by Gasteiger charge is 2.32. The maximum absolute atomic E-state index is 13.1. The summed E-state index contributed by atoms with van der Waals surface area (Å²) in [5.74, 6) is 1.57. The van der Waals surface area contributed by atoms with Gasteiger partial charge in [-0.2, -0.15) is 0 Å². The van der Waals surface area contributed by atoms with Crippen LogP contribution < -0.4 is 5.32 Å². The van der Waals surface area contributed by atoms with Gasteiger partial charge in [0.1, 0.15) is 11.6 Å². The number of carbonyl (C=O) groups excluding carboxylic acids is 2. The molecule has 7 heteroatoms. The summed E-state index contributed by atoms with van der Waals surface area (Å²) in [5.41, 5.74) is 3.79. The van der Waals surface area contributed by atoms with Crippen molar-refractivity contribution < 1.29 is 14.0 Å². The second-order valence-electron chi connectivity index (χ2n) is 9.36. The van der Waals surface area contributed by atoms with Crippen LogP contribution in [-0.4, -0.2) is 33.7 Å².